The standard InChI is InChI=1S/C16H18N6O2S/c1-11(23)9-10-25-16-17-18-19-21(16)14-12(2)20(3)22(15(14)24)13-7-5-4-6-8-13/h4-8H,9-10H2,1-3H3. The number of rotatable bonds is 6. The molecule has 2 aromatic heterocycles. The molecular formula is C16H18N6O2S. The predicted molar refractivity (Wildman–Crippen MR) is 94.5 cm³/mol. The largest absolute Gasteiger partial charge is 0.300 e. The molecule has 0 unspecified atom stereocenters. The SMILES string of the molecule is CC(=O)CCSc1nnnn1-c1c(C)n(C)n(-c2ccccc2)c1=O. The number of carbonyl (C=O) groups excluding carboxylic acids is 1. The zero-order valence-corrected chi connectivity index (χ0v) is 15.0. The second kappa shape index (κ2) is 7.06. The second-order valence-corrected chi connectivity index (χ2v) is 6.65. The Hall–Kier alpha value is -2.68. The number of para-hydroxylation sites is 1. The molecule has 0 saturated heterocycles. The van der Waals surface area contributed by atoms with Crippen LogP contribution in [0.25, 0.3) is 11.4 Å². The van der Waals surface area contributed by atoms with E-state index in [9.17, 15) is 9.59 Å². The Morgan fingerprint density at radius 3 is 2.64 bits per heavy atom. The summed E-state index contributed by atoms with van der Waals surface area (Å²) in [5.41, 5.74) is 1.71. The van der Waals surface area contributed by atoms with Crippen molar-refractivity contribution >= 4 is 17.5 Å². The van der Waals surface area contributed by atoms with E-state index in [1.165, 1.54) is 16.4 Å². The molecule has 1 aromatic carbocycles. The first kappa shape index (κ1) is 17.2. The Bertz CT molecular complexity index is 957. The molecule has 9 heteroatoms. The van der Waals surface area contributed by atoms with Gasteiger partial charge in [-0.15, -0.1) is 5.10 Å². The third-order valence-corrected chi connectivity index (χ3v) is 4.78. The van der Waals surface area contributed by atoms with Crippen LogP contribution in [0.2, 0.25) is 0 Å². The lowest BCUT2D eigenvalue weighted by Crippen LogP contribution is -2.22. The Kier molecular flexibility index (Phi) is 4.84. The van der Waals surface area contributed by atoms with Crippen LogP contribution < -0.4 is 5.56 Å². The fraction of sp³-hybridized carbons (Fsp3) is 0.312. The number of thioether (sulfide) groups is 1. The number of hydrogen-bond acceptors (Lipinski definition) is 6. The molecule has 0 aliphatic carbocycles. The van der Waals surface area contributed by atoms with Crippen molar-refractivity contribution in [3.05, 3.63) is 46.4 Å². The lowest BCUT2D eigenvalue weighted by atomic mass is 10.3. The maximum atomic E-state index is 13.0. The van der Waals surface area contributed by atoms with Crippen molar-refractivity contribution < 1.29 is 4.79 Å². The Morgan fingerprint density at radius 1 is 1.24 bits per heavy atom. The number of carbonyl (C=O) groups is 1. The molecule has 0 fully saturated rings. The molecule has 0 radical (unpaired) electrons. The van der Waals surface area contributed by atoms with Crippen molar-refractivity contribution in [2.24, 2.45) is 7.05 Å². The molecule has 130 valence electrons. The smallest absolute Gasteiger partial charge is 0.297 e. The van der Waals surface area contributed by atoms with Crippen LogP contribution >= 0.6 is 11.8 Å². The number of ketones is 1. The van der Waals surface area contributed by atoms with Gasteiger partial charge >= 0.3 is 0 Å². The van der Waals surface area contributed by atoms with Crippen LogP contribution in [0.1, 0.15) is 19.0 Å². The highest BCUT2D eigenvalue weighted by Gasteiger charge is 2.21. The minimum absolute atomic E-state index is 0.105. The van der Waals surface area contributed by atoms with Crippen LogP contribution in [0.5, 0.6) is 0 Å². The highest BCUT2D eigenvalue weighted by Crippen LogP contribution is 2.20. The third-order valence-electron chi connectivity index (χ3n) is 3.86. The van der Waals surface area contributed by atoms with E-state index >= 15 is 0 Å². The summed E-state index contributed by atoms with van der Waals surface area (Å²) in [5, 5.41) is 12.1. The second-order valence-electron chi connectivity index (χ2n) is 5.58. The molecule has 0 aliphatic heterocycles. The molecular weight excluding hydrogens is 340 g/mol. The fourth-order valence-corrected chi connectivity index (χ4v) is 3.41. The summed E-state index contributed by atoms with van der Waals surface area (Å²) in [4.78, 5) is 24.1. The number of benzene rings is 1. The lowest BCUT2D eigenvalue weighted by molar-refractivity contribution is -0.116. The zero-order chi connectivity index (χ0) is 18.0. The summed E-state index contributed by atoms with van der Waals surface area (Å²) in [7, 11) is 1.82. The van der Waals surface area contributed by atoms with E-state index in [1.807, 2.05) is 44.3 Å². The van der Waals surface area contributed by atoms with Crippen molar-refractivity contribution in [1.29, 1.82) is 0 Å². The van der Waals surface area contributed by atoms with Crippen LogP contribution in [0.4, 0.5) is 0 Å². The van der Waals surface area contributed by atoms with E-state index in [2.05, 4.69) is 15.5 Å². The van der Waals surface area contributed by atoms with Crippen LogP contribution in [0.3, 0.4) is 0 Å². The van der Waals surface area contributed by atoms with Gasteiger partial charge in [0.2, 0.25) is 5.16 Å². The summed E-state index contributed by atoms with van der Waals surface area (Å²) in [6.45, 7) is 3.39. The monoisotopic (exact) mass is 358 g/mol. The molecule has 25 heavy (non-hydrogen) atoms. The number of hydrogen-bond donors (Lipinski definition) is 0. The van der Waals surface area contributed by atoms with Gasteiger partial charge in [-0.05, 0) is 36.4 Å². The molecule has 0 aliphatic rings. The molecule has 0 spiro atoms. The van der Waals surface area contributed by atoms with Gasteiger partial charge in [0.15, 0.2) is 5.69 Å². The lowest BCUT2D eigenvalue weighted by Gasteiger charge is -2.07. The van der Waals surface area contributed by atoms with E-state index in [1.54, 1.807) is 16.3 Å². The molecule has 0 amide bonds. The minimum atomic E-state index is -0.202. The Balaban J connectivity index is 2.04. The third kappa shape index (κ3) is 3.27. The molecule has 0 bridgehead atoms. The first-order valence-electron chi connectivity index (χ1n) is 7.75. The molecule has 3 rings (SSSR count). The van der Waals surface area contributed by atoms with Crippen molar-refractivity contribution in [2.45, 2.75) is 25.4 Å². The summed E-state index contributed by atoms with van der Waals surface area (Å²) < 4.78 is 4.80. The normalized spacial score (nSPS) is 11.0. The fourth-order valence-electron chi connectivity index (χ4n) is 2.49. The maximum Gasteiger partial charge on any atom is 0.297 e. The van der Waals surface area contributed by atoms with E-state index in [0.29, 0.717) is 23.0 Å². The van der Waals surface area contributed by atoms with Gasteiger partial charge in [0.05, 0.1) is 11.4 Å². The van der Waals surface area contributed by atoms with E-state index in [-0.39, 0.29) is 11.3 Å². The predicted octanol–water partition coefficient (Wildman–Crippen LogP) is 1.53. The van der Waals surface area contributed by atoms with Gasteiger partial charge in [0, 0.05) is 19.2 Å². The van der Waals surface area contributed by atoms with Gasteiger partial charge in [-0.2, -0.15) is 4.68 Å². The summed E-state index contributed by atoms with van der Waals surface area (Å²) in [5.74, 6) is 0.669. The minimum Gasteiger partial charge on any atom is -0.300 e. The van der Waals surface area contributed by atoms with E-state index in [4.69, 9.17) is 0 Å². The molecule has 8 nitrogen and oxygen atoms in total. The Labute approximate surface area is 148 Å². The van der Waals surface area contributed by atoms with Crippen molar-refractivity contribution in [3.8, 4) is 11.4 Å². The van der Waals surface area contributed by atoms with Gasteiger partial charge in [0.25, 0.3) is 5.56 Å². The molecule has 0 atom stereocenters. The summed E-state index contributed by atoms with van der Waals surface area (Å²) in [6.07, 6.45) is 0.430. The first-order valence-corrected chi connectivity index (χ1v) is 8.74. The Morgan fingerprint density at radius 2 is 1.96 bits per heavy atom. The molecule has 0 N–H and O–H groups in total. The topological polar surface area (TPSA) is 87.6 Å². The van der Waals surface area contributed by atoms with Gasteiger partial charge in [-0.3, -0.25) is 14.3 Å². The zero-order valence-electron chi connectivity index (χ0n) is 14.2. The molecule has 0 saturated carbocycles. The van der Waals surface area contributed by atoms with Crippen molar-refractivity contribution in [1.82, 2.24) is 29.6 Å². The number of nitrogens with zero attached hydrogens (tertiary/aromatic N) is 6. The van der Waals surface area contributed by atoms with Gasteiger partial charge in [0.1, 0.15) is 5.78 Å². The average molecular weight is 358 g/mol. The first-order chi connectivity index (χ1) is 12.0. The number of Topliss-reactive ketones (excluding diaryl/α,β-unsaturated/α-hetero) is 1. The van der Waals surface area contributed by atoms with Gasteiger partial charge in [-0.1, -0.05) is 30.0 Å². The van der Waals surface area contributed by atoms with Gasteiger partial charge < -0.3 is 0 Å². The van der Waals surface area contributed by atoms with E-state index in [0.717, 1.165) is 11.4 Å². The highest BCUT2D eigenvalue weighted by molar-refractivity contribution is 7.99. The van der Waals surface area contributed by atoms with Crippen LogP contribution in [0.15, 0.2) is 40.3 Å². The molecule has 2 heterocycles. The average Bonchev–Trinajstić information content (AvgIpc) is 3.11. The molecule has 3 aromatic rings. The summed E-state index contributed by atoms with van der Waals surface area (Å²) >= 11 is 1.35. The highest BCUT2D eigenvalue weighted by atomic mass is 32.2. The van der Waals surface area contributed by atoms with Gasteiger partial charge in [-0.25, -0.2) is 4.68 Å². The van der Waals surface area contributed by atoms with Crippen molar-refractivity contribution in [2.75, 3.05) is 5.75 Å². The van der Waals surface area contributed by atoms with E-state index < -0.39 is 0 Å². The quantitative estimate of drug-likeness (QED) is 0.621. The number of tetrazole rings is 1. The van der Waals surface area contributed by atoms with Crippen LogP contribution in [-0.4, -0.2) is 41.1 Å². The van der Waals surface area contributed by atoms with Crippen LogP contribution in [-0.2, 0) is 11.8 Å². The van der Waals surface area contributed by atoms with Crippen LogP contribution in [0, 0.1) is 6.92 Å². The number of aromatic nitrogens is 6. The van der Waals surface area contributed by atoms with Crippen molar-refractivity contribution in [3.63, 3.8) is 0 Å². The summed E-state index contributed by atoms with van der Waals surface area (Å²) in [6, 6.07) is 9.39. The maximum absolute atomic E-state index is 13.0.